The van der Waals surface area contributed by atoms with Gasteiger partial charge in [-0.2, -0.15) is 0 Å². The third-order valence-corrected chi connectivity index (χ3v) is 4.82. The molecule has 0 bridgehead atoms. The second kappa shape index (κ2) is 7.47. The number of carbonyl (C=O) groups is 2. The maximum Gasteiger partial charge on any atom is 0.335 e. The molecule has 0 aliphatic carbocycles. The molecule has 27 heavy (non-hydrogen) atoms. The second-order valence-electron chi connectivity index (χ2n) is 8.14. The molecule has 142 valence electrons. The standard InChI is InChI=1S/C21H25N3O3/c1-21(2,3)20(27)24-8-7-14(13-24)9-17-11-23-18(12-22-17)15-5-4-6-16(10-15)19(25)26/h4-6,10-12,14H,7-9,13H2,1-3H3,(H,25,26). The minimum absolute atomic E-state index is 0.199. The Morgan fingerprint density at radius 2 is 2.00 bits per heavy atom. The maximum atomic E-state index is 12.4. The Kier molecular flexibility index (Phi) is 5.26. The number of benzene rings is 1. The first-order valence-corrected chi connectivity index (χ1v) is 9.18. The predicted octanol–water partition coefficient (Wildman–Crippen LogP) is 3.28. The van der Waals surface area contributed by atoms with E-state index in [4.69, 9.17) is 5.11 Å². The lowest BCUT2D eigenvalue weighted by Gasteiger charge is -2.25. The zero-order chi connectivity index (χ0) is 19.6. The first-order valence-electron chi connectivity index (χ1n) is 9.18. The third kappa shape index (κ3) is 4.51. The molecule has 1 atom stereocenters. The zero-order valence-electron chi connectivity index (χ0n) is 16.0. The zero-order valence-corrected chi connectivity index (χ0v) is 16.0. The van der Waals surface area contributed by atoms with Crippen molar-refractivity contribution in [2.24, 2.45) is 11.3 Å². The van der Waals surface area contributed by atoms with Gasteiger partial charge in [0.15, 0.2) is 0 Å². The highest BCUT2D eigenvalue weighted by Crippen LogP contribution is 2.26. The van der Waals surface area contributed by atoms with Gasteiger partial charge >= 0.3 is 5.97 Å². The van der Waals surface area contributed by atoms with Crippen molar-refractivity contribution in [1.82, 2.24) is 14.9 Å². The summed E-state index contributed by atoms with van der Waals surface area (Å²) < 4.78 is 0. The molecule has 0 spiro atoms. The molecule has 6 nitrogen and oxygen atoms in total. The van der Waals surface area contributed by atoms with Gasteiger partial charge in [0.1, 0.15) is 0 Å². The van der Waals surface area contributed by atoms with Crippen molar-refractivity contribution < 1.29 is 14.7 Å². The second-order valence-corrected chi connectivity index (χ2v) is 8.14. The van der Waals surface area contributed by atoms with E-state index in [0.717, 1.165) is 37.2 Å². The lowest BCUT2D eigenvalue weighted by molar-refractivity contribution is -0.138. The Morgan fingerprint density at radius 3 is 2.63 bits per heavy atom. The van der Waals surface area contributed by atoms with E-state index in [1.165, 1.54) is 0 Å². The Hall–Kier alpha value is -2.76. The van der Waals surface area contributed by atoms with Crippen LogP contribution in [0.2, 0.25) is 0 Å². The van der Waals surface area contributed by atoms with Gasteiger partial charge in [0, 0.05) is 30.3 Å². The summed E-state index contributed by atoms with van der Waals surface area (Å²) in [7, 11) is 0. The fraction of sp³-hybridized carbons (Fsp3) is 0.429. The van der Waals surface area contributed by atoms with Crippen molar-refractivity contribution in [2.45, 2.75) is 33.6 Å². The molecule has 1 aromatic carbocycles. The summed E-state index contributed by atoms with van der Waals surface area (Å²) in [4.78, 5) is 34.4. The summed E-state index contributed by atoms with van der Waals surface area (Å²) in [6, 6.07) is 6.67. The number of rotatable bonds is 4. The van der Waals surface area contributed by atoms with Crippen molar-refractivity contribution in [3.05, 3.63) is 47.9 Å². The summed E-state index contributed by atoms with van der Waals surface area (Å²) in [5, 5.41) is 9.11. The van der Waals surface area contributed by atoms with Gasteiger partial charge in [-0.3, -0.25) is 14.8 Å². The van der Waals surface area contributed by atoms with Crippen LogP contribution >= 0.6 is 0 Å². The number of carbonyl (C=O) groups excluding carboxylic acids is 1. The smallest absolute Gasteiger partial charge is 0.335 e. The van der Waals surface area contributed by atoms with E-state index >= 15 is 0 Å². The van der Waals surface area contributed by atoms with E-state index in [9.17, 15) is 9.59 Å². The Labute approximate surface area is 159 Å². The fourth-order valence-corrected chi connectivity index (χ4v) is 3.37. The average molecular weight is 367 g/mol. The van der Waals surface area contributed by atoms with Crippen LogP contribution in [-0.2, 0) is 11.2 Å². The Bertz CT molecular complexity index is 840. The summed E-state index contributed by atoms with van der Waals surface area (Å²) in [6.45, 7) is 7.42. The van der Waals surface area contributed by atoms with Gasteiger partial charge < -0.3 is 10.0 Å². The number of likely N-dealkylation sites (tertiary alicyclic amines) is 1. The molecule has 1 amide bonds. The van der Waals surface area contributed by atoms with Crippen molar-refractivity contribution >= 4 is 11.9 Å². The maximum absolute atomic E-state index is 12.4. The molecule has 1 N–H and O–H groups in total. The summed E-state index contributed by atoms with van der Waals surface area (Å²) in [5.74, 6) is -0.367. The average Bonchev–Trinajstić information content (AvgIpc) is 3.09. The van der Waals surface area contributed by atoms with Gasteiger partial charge in [-0.15, -0.1) is 0 Å². The first kappa shape index (κ1) is 19.0. The molecule has 1 fully saturated rings. The number of carboxylic acid groups (broad SMARTS) is 1. The number of hydrogen-bond acceptors (Lipinski definition) is 4. The van der Waals surface area contributed by atoms with E-state index in [2.05, 4.69) is 9.97 Å². The fourth-order valence-electron chi connectivity index (χ4n) is 3.37. The van der Waals surface area contributed by atoms with Crippen LogP contribution in [0, 0.1) is 11.3 Å². The van der Waals surface area contributed by atoms with Gasteiger partial charge in [-0.1, -0.05) is 32.9 Å². The van der Waals surface area contributed by atoms with E-state index in [1.54, 1.807) is 30.6 Å². The normalized spacial score (nSPS) is 17.1. The monoisotopic (exact) mass is 367 g/mol. The van der Waals surface area contributed by atoms with Crippen molar-refractivity contribution in [2.75, 3.05) is 13.1 Å². The quantitative estimate of drug-likeness (QED) is 0.897. The molecule has 6 heteroatoms. The first-order chi connectivity index (χ1) is 12.7. The van der Waals surface area contributed by atoms with Crippen LogP contribution in [0.15, 0.2) is 36.7 Å². The van der Waals surface area contributed by atoms with Crippen molar-refractivity contribution in [3.8, 4) is 11.3 Å². The van der Waals surface area contributed by atoms with Crippen LogP contribution in [0.3, 0.4) is 0 Å². The minimum Gasteiger partial charge on any atom is -0.478 e. The van der Waals surface area contributed by atoms with Crippen LogP contribution in [0.25, 0.3) is 11.3 Å². The number of hydrogen-bond donors (Lipinski definition) is 1. The van der Waals surface area contributed by atoms with E-state index in [1.807, 2.05) is 31.7 Å². The van der Waals surface area contributed by atoms with Gasteiger partial charge in [0.2, 0.25) is 5.91 Å². The Morgan fingerprint density at radius 1 is 1.22 bits per heavy atom. The van der Waals surface area contributed by atoms with Crippen LogP contribution < -0.4 is 0 Å². The number of aromatic carboxylic acids is 1. The molecule has 3 rings (SSSR count). The molecule has 1 aliphatic heterocycles. The summed E-state index contributed by atoms with van der Waals surface area (Å²) in [6.07, 6.45) is 5.20. The van der Waals surface area contributed by atoms with E-state index < -0.39 is 5.97 Å². The Balaban J connectivity index is 1.64. The van der Waals surface area contributed by atoms with Gasteiger partial charge in [0.05, 0.1) is 23.1 Å². The summed E-state index contributed by atoms with van der Waals surface area (Å²) >= 11 is 0. The number of carboxylic acids is 1. The van der Waals surface area contributed by atoms with E-state index in [0.29, 0.717) is 11.6 Å². The number of aromatic nitrogens is 2. The lowest BCUT2D eigenvalue weighted by Crippen LogP contribution is -2.38. The molecular weight excluding hydrogens is 342 g/mol. The predicted molar refractivity (Wildman–Crippen MR) is 102 cm³/mol. The minimum atomic E-state index is -0.961. The molecule has 0 radical (unpaired) electrons. The van der Waals surface area contributed by atoms with Crippen molar-refractivity contribution in [1.29, 1.82) is 0 Å². The molecule has 2 aromatic rings. The van der Waals surface area contributed by atoms with Crippen LogP contribution in [-0.4, -0.2) is 44.9 Å². The number of nitrogens with zero attached hydrogens (tertiary/aromatic N) is 3. The molecule has 2 heterocycles. The molecular formula is C21H25N3O3. The molecule has 1 unspecified atom stereocenters. The van der Waals surface area contributed by atoms with E-state index in [-0.39, 0.29) is 16.9 Å². The molecule has 0 saturated carbocycles. The highest BCUT2D eigenvalue weighted by molar-refractivity contribution is 5.89. The molecule has 1 saturated heterocycles. The lowest BCUT2D eigenvalue weighted by atomic mass is 9.95. The van der Waals surface area contributed by atoms with Gasteiger partial charge in [0.25, 0.3) is 0 Å². The topological polar surface area (TPSA) is 83.4 Å². The van der Waals surface area contributed by atoms with Crippen LogP contribution in [0.4, 0.5) is 0 Å². The highest BCUT2D eigenvalue weighted by atomic mass is 16.4. The van der Waals surface area contributed by atoms with Crippen molar-refractivity contribution in [3.63, 3.8) is 0 Å². The van der Waals surface area contributed by atoms with Gasteiger partial charge in [-0.05, 0) is 30.9 Å². The largest absolute Gasteiger partial charge is 0.478 e. The highest BCUT2D eigenvalue weighted by Gasteiger charge is 2.32. The summed E-state index contributed by atoms with van der Waals surface area (Å²) in [5.41, 5.74) is 2.16. The third-order valence-electron chi connectivity index (χ3n) is 4.82. The number of amides is 1. The molecule has 1 aromatic heterocycles. The van der Waals surface area contributed by atoms with Crippen LogP contribution in [0.5, 0.6) is 0 Å². The molecule has 1 aliphatic rings. The van der Waals surface area contributed by atoms with Crippen LogP contribution in [0.1, 0.15) is 43.2 Å². The van der Waals surface area contributed by atoms with Gasteiger partial charge in [-0.25, -0.2) is 4.79 Å². The SMILES string of the molecule is CC(C)(C)C(=O)N1CCC(Cc2cnc(-c3cccc(C(=O)O)c3)cn2)C1.